The first-order chi connectivity index (χ1) is 28.2. The highest BCUT2D eigenvalue weighted by molar-refractivity contribution is 5.84. The van der Waals surface area contributed by atoms with Gasteiger partial charge < -0.3 is 19.3 Å². The van der Waals surface area contributed by atoms with Gasteiger partial charge in [0.1, 0.15) is 24.2 Å². The Morgan fingerprint density at radius 2 is 1.09 bits per heavy atom. The van der Waals surface area contributed by atoms with Crippen LogP contribution in [0.15, 0.2) is 29.4 Å². The van der Waals surface area contributed by atoms with Gasteiger partial charge in [-0.25, -0.2) is 0 Å². The van der Waals surface area contributed by atoms with Crippen LogP contribution in [0.25, 0.3) is 0 Å². The van der Waals surface area contributed by atoms with E-state index in [0.717, 1.165) is 49.7 Å². The van der Waals surface area contributed by atoms with Crippen molar-refractivity contribution in [3.8, 4) is 11.5 Å². The van der Waals surface area contributed by atoms with Crippen LogP contribution < -0.4 is 4.74 Å². The average molecular weight is 811 g/mol. The van der Waals surface area contributed by atoms with Gasteiger partial charge in [0.05, 0.1) is 12.7 Å². The third kappa shape index (κ3) is 26.8. The number of phenolic OH excluding ortho intramolecular Hbond substituents is 1. The predicted molar refractivity (Wildman–Crippen MR) is 242 cm³/mol. The van der Waals surface area contributed by atoms with Gasteiger partial charge >= 0.3 is 11.9 Å². The lowest BCUT2D eigenvalue weighted by Crippen LogP contribution is -2.17. The molecular weight excluding hydrogens is 725 g/mol. The Hall–Kier alpha value is -3.09. The highest BCUT2D eigenvalue weighted by Crippen LogP contribution is 2.35. The number of hydrogen-bond donors (Lipinski definition) is 1. The minimum Gasteiger partial charge on any atom is -0.507 e. The molecule has 1 rings (SSSR count). The molecule has 0 aromatic heterocycles. The van der Waals surface area contributed by atoms with Gasteiger partial charge in [-0.05, 0) is 52.2 Å². The second kappa shape index (κ2) is 35.8. The number of carbonyl (C=O) groups excluding carboxylic acids is 3. The number of esters is 2. The van der Waals surface area contributed by atoms with Crippen molar-refractivity contribution in [2.45, 2.75) is 240 Å². The lowest BCUT2D eigenvalue weighted by molar-refractivity contribution is -0.147. The van der Waals surface area contributed by atoms with Crippen molar-refractivity contribution < 1.29 is 33.7 Å². The maximum atomic E-state index is 12.8. The number of phenols is 1. The van der Waals surface area contributed by atoms with Gasteiger partial charge in [-0.2, -0.15) is 0 Å². The molecule has 7 nitrogen and oxygen atoms in total. The Morgan fingerprint density at radius 3 is 1.50 bits per heavy atom. The minimum absolute atomic E-state index is 0.0973. The normalized spacial score (nSPS) is 12.0. The van der Waals surface area contributed by atoms with E-state index in [2.05, 4.69) is 13.8 Å². The van der Waals surface area contributed by atoms with Crippen molar-refractivity contribution >= 4 is 18.2 Å². The quantitative estimate of drug-likeness (QED) is 0.0307. The molecule has 0 saturated carbocycles. The van der Waals surface area contributed by atoms with Crippen LogP contribution in [-0.4, -0.2) is 36.5 Å². The third-order valence-corrected chi connectivity index (χ3v) is 11.2. The first kappa shape index (κ1) is 52.9. The van der Waals surface area contributed by atoms with E-state index in [0.29, 0.717) is 48.8 Å². The number of rotatable bonds is 38. The monoisotopic (exact) mass is 811 g/mol. The lowest BCUT2D eigenvalue weighted by Gasteiger charge is -2.17. The number of benzene rings is 1. The Labute approximate surface area is 355 Å². The number of hydrogen-bond acceptors (Lipinski definition) is 7. The van der Waals surface area contributed by atoms with Crippen molar-refractivity contribution in [2.24, 2.45) is 0 Å². The first-order valence-electron chi connectivity index (χ1n) is 23.7. The average Bonchev–Trinajstić information content (AvgIpc) is 3.19. The molecule has 1 aromatic carbocycles. The molecule has 1 atom stereocenters. The molecule has 58 heavy (non-hydrogen) atoms. The molecule has 0 aliphatic carbocycles. The molecule has 1 N–H and O–H groups in total. The highest BCUT2D eigenvalue weighted by atomic mass is 16.5. The molecule has 0 aliphatic heterocycles. The molecule has 0 spiro atoms. The fourth-order valence-corrected chi connectivity index (χ4v) is 7.60. The topological polar surface area (TPSA) is 99.1 Å². The van der Waals surface area contributed by atoms with Crippen molar-refractivity contribution in [2.75, 3.05) is 7.11 Å². The summed E-state index contributed by atoms with van der Waals surface area (Å²) in [6.07, 6.45) is 38.3. The van der Waals surface area contributed by atoms with Crippen molar-refractivity contribution in [3.63, 3.8) is 0 Å². The van der Waals surface area contributed by atoms with Gasteiger partial charge in [0, 0.05) is 30.4 Å². The smallest absolute Gasteiger partial charge is 0.306 e. The maximum Gasteiger partial charge on any atom is 0.306 e. The summed E-state index contributed by atoms with van der Waals surface area (Å²) in [4.78, 5) is 37.5. The molecule has 1 aromatic rings. The summed E-state index contributed by atoms with van der Waals surface area (Å²) in [5.41, 5.74) is 3.04. The van der Waals surface area contributed by atoms with Crippen LogP contribution in [0.4, 0.5) is 0 Å². The van der Waals surface area contributed by atoms with E-state index < -0.39 is 0 Å². The van der Waals surface area contributed by atoms with E-state index in [9.17, 15) is 19.5 Å². The van der Waals surface area contributed by atoms with Crippen LogP contribution in [0.2, 0.25) is 0 Å². The van der Waals surface area contributed by atoms with E-state index in [1.807, 2.05) is 32.9 Å². The van der Waals surface area contributed by atoms with Gasteiger partial charge in [0.2, 0.25) is 0 Å². The summed E-state index contributed by atoms with van der Waals surface area (Å²) in [7, 11) is 1.52. The summed E-state index contributed by atoms with van der Waals surface area (Å²) >= 11 is 0. The van der Waals surface area contributed by atoms with Crippen LogP contribution in [0, 0.1) is 0 Å². The van der Waals surface area contributed by atoms with Gasteiger partial charge in [-0.15, -0.1) is 0 Å². The van der Waals surface area contributed by atoms with Crippen molar-refractivity contribution in [1.82, 2.24) is 0 Å². The zero-order valence-corrected chi connectivity index (χ0v) is 38.2. The minimum atomic E-state index is -0.381. The second-order valence-electron chi connectivity index (χ2n) is 17.0. The summed E-state index contributed by atoms with van der Waals surface area (Å²) in [6, 6.07) is 1.67. The molecule has 0 amide bonds. The number of ether oxygens (including phenoxy) is 3. The largest absolute Gasteiger partial charge is 0.507 e. The number of methoxy groups -OCH3 is 1. The van der Waals surface area contributed by atoms with Gasteiger partial charge in [-0.3, -0.25) is 14.4 Å². The van der Waals surface area contributed by atoms with Crippen molar-refractivity contribution in [1.29, 1.82) is 0 Å². The summed E-state index contributed by atoms with van der Waals surface area (Å²) < 4.78 is 17.1. The summed E-state index contributed by atoms with van der Waals surface area (Å²) in [6.45, 7) is 10.4. The summed E-state index contributed by atoms with van der Waals surface area (Å²) in [5.74, 6) is -0.239. The zero-order chi connectivity index (χ0) is 42.6. The Morgan fingerprint density at radius 1 is 0.655 bits per heavy atom. The SMILES string of the molecule is CCCCCCCCCCCCCCCC(=O)OCc1cc(OC)c(C/C=C(\C)CC(C=C(C)C)OC(=O)CCCCCCCCCCCCCCC)c(O)c1C=O. The molecule has 0 radical (unpaired) electrons. The number of unbranched alkanes of at least 4 members (excludes halogenated alkanes) is 24. The van der Waals surface area contributed by atoms with E-state index in [4.69, 9.17) is 14.2 Å². The fourth-order valence-electron chi connectivity index (χ4n) is 7.60. The van der Waals surface area contributed by atoms with Crippen LogP contribution in [0.3, 0.4) is 0 Å². The first-order valence-corrected chi connectivity index (χ1v) is 23.7. The molecule has 0 fully saturated rings. The molecule has 0 heterocycles. The Balaban J connectivity index is 2.52. The van der Waals surface area contributed by atoms with E-state index in [1.165, 1.54) is 136 Å². The van der Waals surface area contributed by atoms with E-state index in [-0.39, 0.29) is 36.0 Å². The molecule has 7 heteroatoms. The number of carbonyl (C=O) groups is 3. The maximum absolute atomic E-state index is 12.8. The zero-order valence-electron chi connectivity index (χ0n) is 38.2. The van der Waals surface area contributed by atoms with Gasteiger partial charge in [0.25, 0.3) is 0 Å². The van der Waals surface area contributed by atoms with Crippen LogP contribution in [-0.2, 0) is 32.1 Å². The number of allylic oxidation sites excluding steroid dienone is 2. The molecule has 0 aliphatic rings. The standard InChI is InChI=1S/C51H86O7/c1-7-9-11-13-15-17-19-21-23-25-27-29-31-33-49(53)57-41-44-39-48(56-6)46(51(55)47(44)40-52)36-35-43(5)38-45(37-42(3)4)58-50(54)34-32-30-28-26-24-22-20-18-16-14-12-10-8-2/h35,37,39-40,45,55H,7-34,36,38,41H2,1-6H3/b43-35+. The van der Waals surface area contributed by atoms with Crippen LogP contribution >= 0.6 is 0 Å². The molecule has 0 bridgehead atoms. The van der Waals surface area contributed by atoms with Gasteiger partial charge in [0.15, 0.2) is 6.29 Å². The fraction of sp³-hybridized carbons (Fsp3) is 0.745. The molecule has 0 saturated heterocycles. The molecule has 1 unspecified atom stereocenters. The number of aromatic hydroxyl groups is 1. The Kier molecular flexibility index (Phi) is 32.7. The number of aldehydes is 1. The Bertz CT molecular complexity index is 1290. The van der Waals surface area contributed by atoms with Crippen LogP contribution in [0.1, 0.15) is 242 Å². The lowest BCUT2D eigenvalue weighted by atomic mass is 9.98. The summed E-state index contributed by atoms with van der Waals surface area (Å²) in [5, 5.41) is 11.2. The second-order valence-corrected chi connectivity index (χ2v) is 17.0. The van der Waals surface area contributed by atoms with Gasteiger partial charge in [-0.1, -0.05) is 185 Å². The molecule has 332 valence electrons. The van der Waals surface area contributed by atoms with Crippen molar-refractivity contribution in [3.05, 3.63) is 46.1 Å². The van der Waals surface area contributed by atoms with E-state index >= 15 is 0 Å². The third-order valence-electron chi connectivity index (χ3n) is 11.2. The predicted octanol–water partition coefficient (Wildman–Crippen LogP) is 15.0. The van der Waals surface area contributed by atoms with Crippen LogP contribution in [0.5, 0.6) is 11.5 Å². The van der Waals surface area contributed by atoms with E-state index in [1.54, 1.807) is 6.07 Å². The molecular formula is C51H86O7. The highest BCUT2D eigenvalue weighted by Gasteiger charge is 2.19.